The fraction of sp³-hybridized carbons (Fsp3) is 0.263. The first-order valence-corrected chi connectivity index (χ1v) is 8.63. The van der Waals surface area contributed by atoms with Gasteiger partial charge >= 0.3 is 0 Å². The van der Waals surface area contributed by atoms with Crippen LogP contribution in [0, 0.1) is 0 Å². The van der Waals surface area contributed by atoms with Gasteiger partial charge in [0.15, 0.2) is 11.2 Å². The van der Waals surface area contributed by atoms with Gasteiger partial charge < -0.3 is 4.57 Å². The summed E-state index contributed by atoms with van der Waals surface area (Å²) in [5, 5.41) is 13.0. The van der Waals surface area contributed by atoms with Crippen molar-refractivity contribution in [1.82, 2.24) is 24.4 Å². The zero-order valence-corrected chi connectivity index (χ0v) is 13.7. The molecule has 0 atom stereocenters. The minimum Gasteiger partial charge on any atom is -0.310 e. The van der Waals surface area contributed by atoms with Crippen LogP contribution in [-0.4, -0.2) is 24.4 Å². The summed E-state index contributed by atoms with van der Waals surface area (Å²) in [5.41, 5.74) is 3.61. The van der Waals surface area contributed by atoms with E-state index in [4.69, 9.17) is 0 Å². The van der Waals surface area contributed by atoms with Gasteiger partial charge in [0.25, 0.3) is 5.56 Å². The lowest BCUT2D eigenvalue weighted by atomic mass is 10.1. The van der Waals surface area contributed by atoms with E-state index >= 15 is 0 Å². The molecule has 6 nitrogen and oxygen atoms in total. The van der Waals surface area contributed by atoms with Crippen LogP contribution in [0.15, 0.2) is 53.6 Å². The minimum atomic E-state index is -0.0736. The second-order valence-corrected chi connectivity index (χ2v) is 6.56. The lowest BCUT2D eigenvalue weighted by molar-refractivity contribution is 0.504. The number of benzene rings is 1. The summed E-state index contributed by atoms with van der Waals surface area (Å²) >= 11 is 0. The topological polar surface area (TPSA) is 65.1 Å². The second-order valence-electron chi connectivity index (χ2n) is 6.56. The molecule has 0 amide bonds. The van der Waals surface area contributed by atoms with Crippen LogP contribution in [-0.2, 0) is 0 Å². The van der Waals surface area contributed by atoms with Crippen molar-refractivity contribution in [2.75, 3.05) is 0 Å². The number of rotatable bonds is 2. The molecular formula is C19H17N5O. The Hall–Kier alpha value is -3.02. The van der Waals surface area contributed by atoms with Gasteiger partial charge in [-0.2, -0.15) is 5.10 Å². The van der Waals surface area contributed by atoms with Crippen molar-refractivity contribution in [2.24, 2.45) is 0 Å². The van der Waals surface area contributed by atoms with Crippen LogP contribution in [0.3, 0.4) is 0 Å². The molecule has 0 unspecified atom stereocenters. The quantitative estimate of drug-likeness (QED) is 0.566. The van der Waals surface area contributed by atoms with Crippen LogP contribution in [0.1, 0.15) is 31.7 Å². The van der Waals surface area contributed by atoms with Gasteiger partial charge in [0.2, 0.25) is 0 Å². The van der Waals surface area contributed by atoms with Crippen molar-refractivity contribution in [3.8, 4) is 11.1 Å². The molecule has 0 bridgehead atoms. The third-order valence-corrected chi connectivity index (χ3v) is 5.09. The standard InChI is InChI=1S/C19H17N5O/c25-19-17-16(10-11-23(19)14-8-4-5-9-14)24-18(22-21-17)15(12-20-24)13-6-2-1-3-7-13/h1-3,6-7,10-12,14H,4-5,8-9H2. The van der Waals surface area contributed by atoms with Gasteiger partial charge in [0, 0.05) is 17.8 Å². The summed E-state index contributed by atoms with van der Waals surface area (Å²) in [4.78, 5) is 12.9. The predicted octanol–water partition coefficient (Wildman–Crippen LogP) is 3.22. The highest BCUT2D eigenvalue weighted by molar-refractivity contribution is 5.82. The third-order valence-electron chi connectivity index (χ3n) is 5.09. The second kappa shape index (κ2) is 5.51. The molecule has 0 spiro atoms. The summed E-state index contributed by atoms with van der Waals surface area (Å²) in [5.74, 6) is 0. The molecule has 0 aliphatic heterocycles. The van der Waals surface area contributed by atoms with Crippen molar-refractivity contribution in [3.63, 3.8) is 0 Å². The molecule has 0 radical (unpaired) electrons. The normalized spacial score (nSPS) is 15.4. The van der Waals surface area contributed by atoms with Crippen molar-refractivity contribution in [3.05, 3.63) is 59.1 Å². The van der Waals surface area contributed by atoms with Gasteiger partial charge in [0.1, 0.15) is 5.52 Å². The van der Waals surface area contributed by atoms with Gasteiger partial charge in [-0.25, -0.2) is 4.52 Å². The minimum absolute atomic E-state index is 0.0736. The van der Waals surface area contributed by atoms with E-state index in [0.717, 1.165) is 24.0 Å². The monoisotopic (exact) mass is 331 g/mol. The first kappa shape index (κ1) is 14.3. The number of nitrogens with zero attached hydrogens (tertiary/aromatic N) is 5. The molecule has 1 aliphatic rings. The Labute approximate surface area is 143 Å². The summed E-state index contributed by atoms with van der Waals surface area (Å²) in [6.07, 6.45) is 8.13. The Kier molecular flexibility index (Phi) is 3.16. The van der Waals surface area contributed by atoms with Crippen LogP contribution in [0.5, 0.6) is 0 Å². The van der Waals surface area contributed by atoms with E-state index in [1.807, 2.05) is 47.2 Å². The molecule has 0 N–H and O–H groups in total. The fourth-order valence-electron chi connectivity index (χ4n) is 3.80. The van der Waals surface area contributed by atoms with Crippen molar-refractivity contribution in [2.45, 2.75) is 31.7 Å². The average Bonchev–Trinajstić information content (AvgIpc) is 3.32. The van der Waals surface area contributed by atoms with Crippen molar-refractivity contribution < 1.29 is 0 Å². The van der Waals surface area contributed by atoms with E-state index in [0.29, 0.717) is 16.7 Å². The van der Waals surface area contributed by atoms with Crippen LogP contribution in [0.2, 0.25) is 0 Å². The smallest absolute Gasteiger partial charge is 0.280 e. The molecule has 3 heterocycles. The Balaban J connectivity index is 1.73. The van der Waals surface area contributed by atoms with E-state index in [9.17, 15) is 4.79 Å². The lowest BCUT2D eigenvalue weighted by Gasteiger charge is -2.13. The highest BCUT2D eigenvalue weighted by Gasteiger charge is 2.20. The maximum Gasteiger partial charge on any atom is 0.280 e. The van der Waals surface area contributed by atoms with Crippen molar-refractivity contribution in [1.29, 1.82) is 0 Å². The largest absolute Gasteiger partial charge is 0.310 e. The number of aromatic nitrogens is 5. The molecular weight excluding hydrogens is 314 g/mol. The first-order valence-electron chi connectivity index (χ1n) is 8.63. The fourth-order valence-corrected chi connectivity index (χ4v) is 3.80. The molecule has 25 heavy (non-hydrogen) atoms. The molecule has 1 fully saturated rings. The maximum atomic E-state index is 12.9. The van der Waals surface area contributed by atoms with Crippen LogP contribution in [0.4, 0.5) is 0 Å². The zero-order chi connectivity index (χ0) is 16.8. The summed E-state index contributed by atoms with van der Waals surface area (Å²) in [7, 11) is 0. The average molecular weight is 331 g/mol. The van der Waals surface area contributed by atoms with Crippen LogP contribution >= 0.6 is 0 Å². The Bertz CT molecular complexity index is 1120. The van der Waals surface area contributed by atoms with Crippen molar-refractivity contribution >= 4 is 16.7 Å². The predicted molar refractivity (Wildman–Crippen MR) is 95.5 cm³/mol. The van der Waals surface area contributed by atoms with Crippen LogP contribution < -0.4 is 5.56 Å². The van der Waals surface area contributed by atoms with E-state index in [-0.39, 0.29) is 11.6 Å². The highest BCUT2D eigenvalue weighted by Crippen LogP contribution is 2.29. The lowest BCUT2D eigenvalue weighted by Crippen LogP contribution is -2.24. The molecule has 4 aromatic rings. The molecule has 1 aromatic carbocycles. The molecule has 5 rings (SSSR count). The van der Waals surface area contributed by atoms with Crippen LogP contribution in [0.25, 0.3) is 27.8 Å². The number of pyridine rings is 1. The van der Waals surface area contributed by atoms with E-state index < -0.39 is 0 Å². The van der Waals surface area contributed by atoms with Gasteiger partial charge in [-0.3, -0.25) is 4.79 Å². The molecule has 3 aromatic heterocycles. The zero-order valence-electron chi connectivity index (χ0n) is 13.7. The first-order chi connectivity index (χ1) is 12.3. The molecule has 1 saturated carbocycles. The number of fused-ring (bicyclic) bond motifs is 3. The summed E-state index contributed by atoms with van der Waals surface area (Å²) < 4.78 is 3.53. The Morgan fingerprint density at radius 3 is 2.60 bits per heavy atom. The van der Waals surface area contributed by atoms with Gasteiger partial charge in [-0.05, 0) is 24.5 Å². The van der Waals surface area contributed by atoms with Gasteiger partial charge in [-0.1, -0.05) is 43.2 Å². The van der Waals surface area contributed by atoms with Gasteiger partial charge in [0.05, 0.1) is 6.20 Å². The maximum absolute atomic E-state index is 12.9. The Morgan fingerprint density at radius 1 is 1.00 bits per heavy atom. The SMILES string of the molecule is O=c1c2nnc3c(-c4ccccc4)cnn3c2ccn1C1CCCC1. The molecule has 124 valence electrons. The van der Waals surface area contributed by atoms with E-state index in [1.165, 1.54) is 12.8 Å². The van der Waals surface area contributed by atoms with E-state index in [1.54, 1.807) is 10.7 Å². The summed E-state index contributed by atoms with van der Waals surface area (Å²) in [6.45, 7) is 0. The third kappa shape index (κ3) is 2.17. The summed E-state index contributed by atoms with van der Waals surface area (Å²) in [6, 6.07) is 12.2. The Morgan fingerprint density at radius 2 is 1.80 bits per heavy atom. The van der Waals surface area contributed by atoms with Gasteiger partial charge in [-0.15, -0.1) is 10.2 Å². The highest BCUT2D eigenvalue weighted by atomic mass is 16.1. The van der Waals surface area contributed by atoms with E-state index in [2.05, 4.69) is 15.3 Å². The molecule has 0 saturated heterocycles. The molecule has 1 aliphatic carbocycles. The molecule has 6 heteroatoms. The number of hydrogen-bond donors (Lipinski definition) is 0. The number of hydrogen-bond acceptors (Lipinski definition) is 4.